The van der Waals surface area contributed by atoms with Gasteiger partial charge in [0.05, 0.1) is 44.0 Å². The predicted molar refractivity (Wildman–Crippen MR) is 158 cm³/mol. The molecule has 14 nitrogen and oxygen atoms in total. The van der Waals surface area contributed by atoms with Crippen LogP contribution in [0, 0.1) is 6.92 Å². The number of aromatic amines is 1. The normalized spacial score (nSPS) is 15.6. The number of carboxylic acid groups (broad SMARTS) is 1. The fourth-order valence-electron chi connectivity index (χ4n) is 5.54. The molecule has 2 heterocycles. The smallest absolute Gasteiger partial charge is 0.744 e. The minimum Gasteiger partial charge on any atom is -0.744 e. The van der Waals surface area contributed by atoms with Gasteiger partial charge in [0.25, 0.3) is 11.5 Å². The Labute approximate surface area is 346 Å². The van der Waals surface area contributed by atoms with E-state index < -0.39 is 53.0 Å². The molecule has 0 saturated carbocycles. The van der Waals surface area contributed by atoms with E-state index in [1.54, 1.807) is 24.3 Å². The number of nitrogens with zero attached hydrogens (tertiary/aromatic N) is 3. The SMILES string of the molecule is CC1=NN(c2ccc(S(=O)(=O)[O-])cc2)C(=O)/C1=C1\C(C(=O)[O-])=C(c2c(C)[nH]n(-c3ccc(S(=O)(=O)[O-])cc3)c2=O)c2ccccc21.[Na+].[Na+].[Na+]. The molecule has 4 aromatic rings. The number of hydrogen-bond acceptors (Lipinski definition) is 11. The van der Waals surface area contributed by atoms with Crippen LogP contribution in [0.5, 0.6) is 0 Å². The number of carbonyl (C=O) groups excluding carboxylic acids is 2. The number of aliphatic carboxylic acids is 1. The third-order valence-electron chi connectivity index (χ3n) is 7.51. The Morgan fingerprint density at radius 3 is 1.65 bits per heavy atom. The van der Waals surface area contributed by atoms with Crippen LogP contribution < -0.4 is 104 Å². The molecule has 0 radical (unpaired) electrons. The summed E-state index contributed by atoms with van der Waals surface area (Å²) in [5.74, 6) is -2.44. The van der Waals surface area contributed by atoms with Crippen LogP contribution in [-0.2, 0) is 29.8 Å². The Balaban J connectivity index is 0.00000217. The van der Waals surface area contributed by atoms with E-state index in [1.165, 1.54) is 38.1 Å². The van der Waals surface area contributed by atoms with E-state index in [2.05, 4.69) is 10.2 Å². The number of amides is 1. The molecule has 19 heteroatoms. The van der Waals surface area contributed by atoms with Gasteiger partial charge in [-0.2, -0.15) is 10.1 Å². The quantitative estimate of drug-likeness (QED) is 0.112. The maximum absolute atomic E-state index is 13.9. The maximum Gasteiger partial charge on any atom is 1.00 e. The predicted octanol–water partition coefficient (Wildman–Crippen LogP) is -7.96. The van der Waals surface area contributed by atoms with Crippen LogP contribution in [0.15, 0.2) is 104 Å². The van der Waals surface area contributed by atoms with Gasteiger partial charge in [-0.05, 0) is 73.5 Å². The number of benzene rings is 3. The van der Waals surface area contributed by atoms with Gasteiger partial charge >= 0.3 is 88.7 Å². The van der Waals surface area contributed by atoms with E-state index in [1.807, 2.05) is 0 Å². The number of aryl methyl sites for hydroxylation is 1. The van der Waals surface area contributed by atoms with Crippen molar-refractivity contribution in [1.29, 1.82) is 0 Å². The molecule has 3 aromatic carbocycles. The van der Waals surface area contributed by atoms with Gasteiger partial charge in [0, 0.05) is 22.4 Å². The second kappa shape index (κ2) is 15.1. The van der Waals surface area contributed by atoms with Crippen LogP contribution in [-0.4, -0.2) is 53.3 Å². The summed E-state index contributed by atoms with van der Waals surface area (Å²) in [7, 11) is -9.49. The zero-order chi connectivity index (χ0) is 33.3. The van der Waals surface area contributed by atoms with E-state index in [9.17, 15) is 45.4 Å². The molecule has 0 atom stereocenters. The summed E-state index contributed by atoms with van der Waals surface area (Å²) >= 11 is 0. The second-order valence-corrected chi connectivity index (χ2v) is 13.0. The molecule has 0 saturated heterocycles. The van der Waals surface area contributed by atoms with Crippen molar-refractivity contribution in [1.82, 2.24) is 9.78 Å². The molecule has 0 fully saturated rings. The van der Waals surface area contributed by atoms with Gasteiger partial charge in [-0.1, -0.05) is 24.3 Å². The molecule has 6 rings (SSSR count). The number of H-pyrrole nitrogens is 1. The Bertz CT molecular complexity index is 2400. The van der Waals surface area contributed by atoms with Gasteiger partial charge in [-0.15, -0.1) is 0 Å². The van der Waals surface area contributed by atoms with E-state index in [4.69, 9.17) is 0 Å². The van der Waals surface area contributed by atoms with Gasteiger partial charge < -0.3 is 19.0 Å². The van der Waals surface area contributed by atoms with Gasteiger partial charge in [-0.25, -0.2) is 21.5 Å². The first kappa shape index (κ1) is 41.0. The first-order valence-electron chi connectivity index (χ1n) is 13.2. The summed E-state index contributed by atoms with van der Waals surface area (Å²) in [5.41, 5.74) is -0.160. The van der Waals surface area contributed by atoms with E-state index in [0.29, 0.717) is 11.1 Å². The van der Waals surface area contributed by atoms with Crippen LogP contribution in [0.3, 0.4) is 0 Å². The van der Waals surface area contributed by atoms with Crippen molar-refractivity contribution < 1.29 is 129 Å². The number of hydrogen-bond donors (Lipinski definition) is 1. The standard InChI is InChI=1S/C30H22N4O10S2.3Na/c1-15-23(28(35)33(31-15)17-7-11-19(12-8-17)45(39,40)41)25-21-5-3-4-6-22(21)26(27(25)30(37)38)24-16(2)32-34(29(24)36)18-9-13-20(14-10-18)46(42,43)44;;;/h3-14,31H,1-2H3,(H,37,38)(H,39,40,41)(H,42,43,44);;;/q;3*+1/p-3/b26-24-;;;. The van der Waals surface area contributed by atoms with Crippen molar-refractivity contribution in [3.05, 3.63) is 117 Å². The van der Waals surface area contributed by atoms with Crippen molar-refractivity contribution >= 4 is 54.7 Å². The molecule has 1 aliphatic carbocycles. The second-order valence-electron chi connectivity index (χ2n) is 10.3. The van der Waals surface area contributed by atoms with Crippen molar-refractivity contribution in [2.24, 2.45) is 5.10 Å². The Hall–Kier alpha value is -2.42. The van der Waals surface area contributed by atoms with Crippen molar-refractivity contribution in [2.45, 2.75) is 23.6 Å². The Morgan fingerprint density at radius 1 is 0.714 bits per heavy atom. The van der Waals surface area contributed by atoms with Crippen molar-refractivity contribution in [3.63, 3.8) is 0 Å². The number of carbonyl (C=O) groups is 2. The molecular weight excluding hydrogens is 709 g/mol. The number of rotatable bonds is 6. The number of aromatic nitrogens is 2. The van der Waals surface area contributed by atoms with Gasteiger partial charge in [0.1, 0.15) is 20.2 Å². The minimum atomic E-state index is -4.75. The maximum atomic E-state index is 13.9. The van der Waals surface area contributed by atoms with Crippen LogP contribution >= 0.6 is 0 Å². The molecule has 1 N–H and O–H groups in total. The zero-order valence-electron chi connectivity index (χ0n) is 26.7. The first-order valence-corrected chi connectivity index (χ1v) is 16.1. The van der Waals surface area contributed by atoms with Crippen LogP contribution in [0.1, 0.15) is 29.3 Å². The average Bonchev–Trinajstić information content (AvgIpc) is 3.59. The monoisotopic (exact) mass is 728 g/mol. The number of fused-ring (bicyclic) bond motifs is 1. The van der Waals surface area contributed by atoms with Gasteiger partial charge in [0.15, 0.2) is 0 Å². The fourth-order valence-corrected chi connectivity index (χ4v) is 6.48. The topological polar surface area (TPSA) is 225 Å². The summed E-state index contributed by atoms with van der Waals surface area (Å²) in [5, 5.41) is 20.9. The largest absolute Gasteiger partial charge is 1.00 e. The number of anilines is 1. The molecule has 234 valence electrons. The summed E-state index contributed by atoms with van der Waals surface area (Å²) in [6.45, 7) is 3.00. The fraction of sp³-hybridized carbons (Fsp3) is 0.0667. The Morgan fingerprint density at radius 2 is 1.18 bits per heavy atom. The van der Waals surface area contributed by atoms with Crippen LogP contribution in [0.4, 0.5) is 5.69 Å². The number of nitrogens with one attached hydrogen (secondary N) is 1. The zero-order valence-corrected chi connectivity index (χ0v) is 34.3. The summed E-state index contributed by atoms with van der Waals surface area (Å²) in [4.78, 5) is 39.5. The number of carboxylic acids is 1. The van der Waals surface area contributed by atoms with Crippen molar-refractivity contribution in [3.8, 4) is 5.69 Å². The molecule has 1 aromatic heterocycles. The van der Waals surface area contributed by atoms with E-state index in [-0.39, 0.29) is 134 Å². The molecule has 2 aliphatic rings. The molecular formula is C30H19N4Na3O10S2. The molecule has 1 aliphatic heterocycles. The summed E-state index contributed by atoms with van der Waals surface area (Å²) < 4.78 is 69.2. The molecule has 0 spiro atoms. The third kappa shape index (κ3) is 7.34. The van der Waals surface area contributed by atoms with Crippen LogP contribution in [0.2, 0.25) is 0 Å². The molecule has 0 bridgehead atoms. The molecule has 0 unspecified atom stereocenters. The third-order valence-corrected chi connectivity index (χ3v) is 9.21. The van der Waals surface area contributed by atoms with E-state index in [0.717, 1.165) is 34.0 Å². The molecule has 49 heavy (non-hydrogen) atoms. The van der Waals surface area contributed by atoms with Crippen LogP contribution in [0.25, 0.3) is 16.8 Å². The summed E-state index contributed by atoms with van der Waals surface area (Å²) in [6, 6.07) is 15.4. The van der Waals surface area contributed by atoms with Gasteiger partial charge in [0.2, 0.25) is 0 Å². The van der Waals surface area contributed by atoms with Gasteiger partial charge in [-0.3, -0.25) is 14.7 Å². The summed E-state index contributed by atoms with van der Waals surface area (Å²) in [6.07, 6.45) is 0. The first-order chi connectivity index (χ1) is 21.6. The van der Waals surface area contributed by atoms with Crippen molar-refractivity contribution in [2.75, 3.05) is 5.01 Å². The Kier molecular flexibility index (Phi) is 12.6. The minimum absolute atomic E-state index is 0. The number of hydrazone groups is 1. The average molecular weight is 729 g/mol. The molecule has 1 amide bonds. The van der Waals surface area contributed by atoms with E-state index >= 15 is 0 Å².